The molecule has 0 bridgehead atoms. The number of aromatic nitrogens is 1. The molecule has 0 aliphatic rings. The third kappa shape index (κ3) is 3.53. The molecule has 0 atom stereocenters. The van der Waals surface area contributed by atoms with E-state index in [2.05, 4.69) is 25.6 Å². The van der Waals surface area contributed by atoms with Crippen LogP contribution in [0.4, 0.5) is 5.82 Å². The lowest BCUT2D eigenvalue weighted by Crippen LogP contribution is -2.14. The zero-order chi connectivity index (χ0) is 15.6. The summed E-state index contributed by atoms with van der Waals surface area (Å²) in [6.45, 7) is 1.75. The van der Waals surface area contributed by atoms with Crippen molar-refractivity contribution in [3.63, 3.8) is 0 Å². The van der Waals surface area contributed by atoms with Gasteiger partial charge in [0.1, 0.15) is 11.9 Å². The standard InChI is InChI=1S/C13H9BrClN3O2S/c1-8-11(14)4-5-13(17-8)18-21(19,20)10-3-2-9(7-16)12(15)6-10/h2-6H,1H3,(H,17,18). The summed E-state index contributed by atoms with van der Waals surface area (Å²) in [6, 6.07) is 9.02. The third-order valence-electron chi connectivity index (χ3n) is 2.63. The number of anilines is 1. The van der Waals surface area contributed by atoms with Gasteiger partial charge in [-0.2, -0.15) is 5.26 Å². The molecule has 0 unspecified atom stereocenters. The molecule has 5 nitrogen and oxygen atoms in total. The van der Waals surface area contributed by atoms with Gasteiger partial charge in [0.05, 0.1) is 21.2 Å². The van der Waals surface area contributed by atoms with Gasteiger partial charge in [0.25, 0.3) is 10.0 Å². The Morgan fingerprint density at radius 2 is 2.05 bits per heavy atom. The fraction of sp³-hybridized carbons (Fsp3) is 0.0769. The Morgan fingerprint density at radius 3 is 2.62 bits per heavy atom. The number of pyridine rings is 1. The number of aryl methyl sites for hydroxylation is 1. The van der Waals surface area contributed by atoms with Gasteiger partial charge in [-0.05, 0) is 53.2 Å². The molecule has 0 aliphatic heterocycles. The lowest BCUT2D eigenvalue weighted by Gasteiger charge is -2.09. The van der Waals surface area contributed by atoms with Crippen LogP contribution in [-0.2, 0) is 10.0 Å². The Labute approximate surface area is 135 Å². The van der Waals surface area contributed by atoms with E-state index in [1.54, 1.807) is 19.1 Å². The van der Waals surface area contributed by atoms with Crippen LogP contribution in [0.15, 0.2) is 39.7 Å². The molecule has 0 aliphatic carbocycles. The molecule has 0 amide bonds. The fourth-order valence-corrected chi connectivity index (χ4v) is 3.09. The largest absolute Gasteiger partial charge is 0.263 e. The van der Waals surface area contributed by atoms with Gasteiger partial charge < -0.3 is 0 Å². The molecule has 108 valence electrons. The lowest BCUT2D eigenvalue weighted by atomic mass is 10.2. The molecule has 1 aromatic carbocycles. The van der Waals surface area contributed by atoms with Crippen molar-refractivity contribution in [1.29, 1.82) is 5.26 Å². The van der Waals surface area contributed by atoms with Gasteiger partial charge in [-0.25, -0.2) is 13.4 Å². The van der Waals surface area contributed by atoms with E-state index in [-0.39, 0.29) is 21.3 Å². The van der Waals surface area contributed by atoms with Crippen molar-refractivity contribution in [2.24, 2.45) is 0 Å². The summed E-state index contributed by atoms with van der Waals surface area (Å²) >= 11 is 9.14. The Morgan fingerprint density at radius 1 is 1.33 bits per heavy atom. The van der Waals surface area contributed by atoms with E-state index in [1.165, 1.54) is 18.2 Å². The highest BCUT2D eigenvalue weighted by atomic mass is 79.9. The Bertz CT molecular complexity index is 847. The van der Waals surface area contributed by atoms with E-state index < -0.39 is 10.0 Å². The van der Waals surface area contributed by atoms with Crippen LogP contribution < -0.4 is 4.72 Å². The first-order chi connectivity index (χ1) is 9.83. The second-order valence-electron chi connectivity index (χ2n) is 4.12. The van der Waals surface area contributed by atoms with Crippen molar-refractivity contribution < 1.29 is 8.42 Å². The van der Waals surface area contributed by atoms with Gasteiger partial charge in [-0.3, -0.25) is 4.72 Å². The summed E-state index contributed by atoms with van der Waals surface area (Å²) in [5, 5.41) is 8.87. The molecule has 21 heavy (non-hydrogen) atoms. The van der Waals surface area contributed by atoms with Crippen LogP contribution in [0, 0.1) is 18.3 Å². The second-order valence-corrected chi connectivity index (χ2v) is 7.07. The number of hydrogen-bond donors (Lipinski definition) is 1. The SMILES string of the molecule is Cc1nc(NS(=O)(=O)c2ccc(C#N)c(Cl)c2)ccc1Br. The predicted molar refractivity (Wildman–Crippen MR) is 83.6 cm³/mol. The normalized spacial score (nSPS) is 11.0. The highest BCUT2D eigenvalue weighted by molar-refractivity contribution is 9.10. The van der Waals surface area contributed by atoms with E-state index in [1.807, 2.05) is 6.07 Å². The monoisotopic (exact) mass is 385 g/mol. The van der Waals surface area contributed by atoms with E-state index in [9.17, 15) is 8.42 Å². The van der Waals surface area contributed by atoms with Crippen LogP contribution in [0.25, 0.3) is 0 Å². The molecule has 0 saturated heterocycles. The van der Waals surface area contributed by atoms with Gasteiger partial charge in [0, 0.05) is 4.47 Å². The minimum Gasteiger partial charge on any atom is -0.263 e. The lowest BCUT2D eigenvalue weighted by molar-refractivity contribution is 0.601. The van der Waals surface area contributed by atoms with Crippen molar-refractivity contribution in [2.75, 3.05) is 4.72 Å². The molecule has 1 heterocycles. The van der Waals surface area contributed by atoms with Crippen molar-refractivity contribution in [3.8, 4) is 6.07 Å². The first kappa shape index (κ1) is 15.8. The Kier molecular flexibility index (Phi) is 4.52. The van der Waals surface area contributed by atoms with Crippen molar-refractivity contribution >= 4 is 43.4 Å². The van der Waals surface area contributed by atoms with Gasteiger partial charge in [-0.1, -0.05) is 11.6 Å². The molecular formula is C13H9BrClN3O2S. The van der Waals surface area contributed by atoms with Crippen molar-refractivity contribution in [2.45, 2.75) is 11.8 Å². The number of nitrogens with zero attached hydrogens (tertiary/aromatic N) is 2. The van der Waals surface area contributed by atoms with Crippen LogP contribution in [0.3, 0.4) is 0 Å². The quantitative estimate of drug-likeness (QED) is 0.875. The summed E-state index contributed by atoms with van der Waals surface area (Å²) in [4.78, 5) is 4.08. The van der Waals surface area contributed by atoms with Crippen LogP contribution in [0.1, 0.15) is 11.3 Å². The van der Waals surface area contributed by atoms with E-state index >= 15 is 0 Å². The fourth-order valence-electron chi connectivity index (χ4n) is 1.55. The number of halogens is 2. The number of nitrogens with one attached hydrogen (secondary N) is 1. The molecule has 0 fully saturated rings. The zero-order valence-electron chi connectivity index (χ0n) is 10.8. The summed E-state index contributed by atoms with van der Waals surface area (Å²) in [7, 11) is -3.81. The average Bonchev–Trinajstić information content (AvgIpc) is 2.42. The van der Waals surface area contributed by atoms with Gasteiger partial charge >= 0.3 is 0 Å². The molecular weight excluding hydrogens is 378 g/mol. The maximum absolute atomic E-state index is 12.2. The molecule has 2 aromatic rings. The first-order valence-electron chi connectivity index (χ1n) is 5.69. The minimum absolute atomic E-state index is 0.0335. The molecule has 0 spiro atoms. The van der Waals surface area contributed by atoms with Crippen LogP contribution >= 0.6 is 27.5 Å². The molecule has 1 N–H and O–H groups in total. The third-order valence-corrected chi connectivity index (χ3v) is 5.13. The van der Waals surface area contributed by atoms with E-state index in [0.29, 0.717) is 5.69 Å². The van der Waals surface area contributed by atoms with Crippen LogP contribution in [0.5, 0.6) is 0 Å². The molecule has 0 saturated carbocycles. The van der Waals surface area contributed by atoms with Crippen LogP contribution in [0.2, 0.25) is 5.02 Å². The van der Waals surface area contributed by atoms with E-state index in [4.69, 9.17) is 16.9 Å². The van der Waals surface area contributed by atoms with Crippen molar-refractivity contribution in [3.05, 3.63) is 51.1 Å². The molecule has 0 radical (unpaired) electrons. The molecule has 1 aromatic heterocycles. The summed E-state index contributed by atoms with van der Waals surface area (Å²) in [5.41, 5.74) is 0.876. The molecule has 8 heteroatoms. The first-order valence-corrected chi connectivity index (χ1v) is 8.34. The summed E-state index contributed by atoms with van der Waals surface area (Å²) in [6.07, 6.45) is 0. The van der Waals surface area contributed by atoms with Crippen LogP contribution in [-0.4, -0.2) is 13.4 Å². The average molecular weight is 387 g/mol. The second kappa shape index (κ2) is 6.02. The Hall–Kier alpha value is -1.62. The highest BCUT2D eigenvalue weighted by Crippen LogP contribution is 2.23. The maximum Gasteiger partial charge on any atom is 0.263 e. The number of nitriles is 1. The predicted octanol–water partition coefficient (Wildman–Crippen LogP) is 3.48. The maximum atomic E-state index is 12.2. The number of hydrogen-bond acceptors (Lipinski definition) is 4. The van der Waals surface area contributed by atoms with Gasteiger partial charge in [-0.15, -0.1) is 0 Å². The van der Waals surface area contributed by atoms with Crippen molar-refractivity contribution in [1.82, 2.24) is 4.98 Å². The summed E-state index contributed by atoms with van der Waals surface area (Å²) in [5.74, 6) is 0.205. The van der Waals surface area contributed by atoms with Gasteiger partial charge in [0.2, 0.25) is 0 Å². The minimum atomic E-state index is -3.81. The van der Waals surface area contributed by atoms with E-state index in [0.717, 1.165) is 4.47 Å². The number of benzene rings is 1. The topological polar surface area (TPSA) is 82.8 Å². The summed E-state index contributed by atoms with van der Waals surface area (Å²) < 4.78 is 27.6. The zero-order valence-corrected chi connectivity index (χ0v) is 13.9. The highest BCUT2D eigenvalue weighted by Gasteiger charge is 2.16. The number of rotatable bonds is 3. The smallest absolute Gasteiger partial charge is 0.263 e. The Balaban J connectivity index is 2.36. The van der Waals surface area contributed by atoms with Gasteiger partial charge in [0.15, 0.2) is 0 Å². The number of sulfonamides is 1. The molecule has 2 rings (SSSR count).